The zero-order valence-electron chi connectivity index (χ0n) is 14.2. The lowest BCUT2D eigenvalue weighted by Crippen LogP contribution is -2.33. The summed E-state index contributed by atoms with van der Waals surface area (Å²) in [4.78, 5) is 22.9. The topological polar surface area (TPSA) is 64.2 Å². The molecule has 1 amide bonds. The summed E-state index contributed by atoms with van der Waals surface area (Å²) in [6.45, 7) is 1.00. The van der Waals surface area contributed by atoms with Crippen molar-refractivity contribution in [2.24, 2.45) is 0 Å². The summed E-state index contributed by atoms with van der Waals surface area (Å²) in [5, 5.41) is 0.712. The van der Waals surface area contributed by atoms with Crippen LogP contribution in [0.1, 0.15) is 36.1 Å². The number of benzene rings is 1. The molecule has 3 heterocycles. The molecule has 1 aromatic carbocycles. The average molecular weight is 371 g/mol. The molecule has 1 atom stereocenters. The van der Waals surface area contributed by atoms with E-state index in [1.165, 1.54) is 0 Å². The van der Waals surface area contributed by atoms with E-state index in [9.17, 15) is 4.79 Å². The van der Waals surface area contributed by atoms with E-state index in [2.05, 4.69) is 9.97 Å². The van der Waals surface area contributed by atoms with E-state index in [4.69, 9.17) is 16.0 Å². The minimum absolute atomic E-state index is 0.0522. The third-order valence-electron chi connectivity index (χ3n) is 4.63. The fourth-order valence-corrected chi connectivity index (χ4v) is 3.54. The van der Waals surface area contributed by atoms with E-state index < -0.39 is 0 Å². The van der Waals surface area contributed by atoms with Gasteiger partial charge in [-0.3, -0.25) is 4.79 Å². The normalized spacial score (nSPS) is 17.0. The first-order valence-electron chi connectivity index (χ1n) is 8.64. The summed E-state index contributed by atoms with van der Waals surface area (Å²) in [6, 6.07) is 7.58. The molecule has 0 bridgehead atoms. The second-order valence-electron chi connectivity index (χ2n) is 6.41. The Bertz CT molecular complexity index is 891. The van der Waals surface area contributed by atoms with Gasteiger partial charge in [0.25, 0.3) is 0 Å². The van der Waals surface area contributed by atoms with Crippen LogP contribution < -0.4 is 0 Å². The fourth-order valence-electron chi connectivity index (χ4n) is 3.34. The minimum atomic E-state index is -0.106. The van der Waals surface area contributed by atoms with Crippen LogP contribution >= 0.6 is 11.6 Å². The number of aromatic nitrogens is 3. The predicted octanol–water partition coefficient (Wildman–Crippen LogP) is 3.48. The van der Waals surface area contributed by atoms with E-state index in [0.717, 1.165) is 30.7 Å². The molecule has 134 valence electrons. The molecule has 1 fully saturated rings. The van der Waals surface area contributed by atoms with Crippen molar-refractivity contribution in [1.29, 1.82) is 0 Å². The summed E-state index contributed by atoms with van der Waals surface area (Å²) < 4.78 is 7.73. The van der Waals surface area contributed by atoms with E-state index in [1.54, 1.807) is 29.5 Å². The average Bonchev–Trinajstić information content (AvgIpc) is 3.37. The van der Waals surface area contributed by atoms with Crippen LogP contribution in [0.25, 0.3) is 0 Å². The van der Waals surface area contributed by atoms with E-state index in [-0.39, 0.29) is 18.5 Å². The third kappa shape index (κ3) is 3.51. The molecule has 0 aliphatic carbocycles. The van der Waals surface area contributed by atoms with Crippen LogP contribution in [0.3, 0.4) is 0 Å². The molecule has 0 saturated carbocycles. The van der Waals surface area contributed by atoms with Crippen LogP contribution in [-0.4, -0.2) is 31.9 Å². The quantitative estimate of drug-likeness (QED) is 0.689. The molecule has 7 heteroatoms. The van der Waals surface area contributed by atoms with E-state index in [0.29, 0.717) is 17.3 Å². The van der Waals surface area contributed by atoms with Gasteiger partial charge in [-0.1, -0.05) is 29.8 Å². The van der Waals surface area contributed by atoms with Gasteiger partial charge in [-0.15, -0.1) is 0 Å². The molecular formula is C19H19ClN4O2. The van der Waals surface area contributed by atoms with Crippen molar-refractivity contribution in [3.8, 4) is 0 Å². The Morgan fingerprint density at radius 2 is 2.23 bits per heavy atom. The zero-order chi connectivity index (χ0) is 17.9. The summed E-state index contributed by atoms with van der Waals surface area (Å²) in [6.07, 6.45) is 9.23. The van der Waals surface area contributed by atoms with Crippen molar-refractivity contribution in [3.63, 3.8) is 0 Å². The molecule has 6 nitrogen and oxygen atoms in total. The molecule has 0 unspecified atom stereocenters. The standard InChI is InChI=1S/C19H19ClN4O2/c20-16-5-2-1-4-14(16)10-15-11-22-19(26-15)17-6-3-8-24(17)18(25)12-23-9-7-21-13-23/h1-2,4-5,7,9,11,13,17H,3,6,8,10,12H2/t17-/m1/s1. The maximum absolute atomic E-state index is 12.6. The molecule has 3 aromatic rings. The van der Waals surface area contributed by atoms with Gasteiger partial charge in [0.2, 0.25) is 11.8 Å². The van der Waals surface area contributed by atoms with Gasteiger partial charge in [-0.2, -0.15) is 0 Å². The Labute approximate surface area is 156 Å². The van der Waals surface area contributed by atoms with Crippen molar-refractivity contribution in [3.05, 3.63) is 71.4 Å². The first-order valence-corrected chi connectivity index (χ1v) is 9.02. The summed E-state index contributed by atoms with van der Waals surface area (Å²) >= 11 is 6.22. The van der Waals surface area contributed by atoms with Gasteiger partial charge in [-0.05, 0) is 24.5 Å². The van der Waals surface area contributed by atoms with Crippen LogP contribution in [0.5, 0.6) is 0 Å². The molecule has 0 spiro atoms. The SMILES string of the molecule is O=C(Cn1ccnc1)N1CCC[C@@H]1c1ncc(Cc2ccccc2Cl)o1. The Morgan fingerprint density at radius 3 is 3.04 bits per heavy atom. The number of likely N-dealkylation sites (tertiary alicyclic amines) is 1. The van der Waals surface area contributed by atoms with Crippen LogP contribution in [0.15, 0.2) is 53.6 Å². The monoisotopic (exact) mass is 370 g/mol. The number of carbonyl (C=O) groups excluding carboxylic acids is 1. The van der Waals surface area contributed by atoms with Gasteiger partial charge in [0.1, 0.15) is 18.3 Å². The van der Waals surface area contributed by atoms with Crippen molar-refractivity contribution in [1.82, 2.24) is 19.4 Å². The molecule has 1 aliphatic rings. The number of carbonyl (C=O) groups is 1. The maximum Gasteiger partial charge on any atom is 0.243 e. The molecule has 4 rings (SSSR count). The third-order valence-corrected chi connectivity index (χ3v) is 5.00. The van der Waals surface area contributed by atoms with Crippen LogP contribution in [0, 0.1) is 0 Å². The number of halogens is 1. The second kappa shape index (κ2) is 7.33. The molecule has 0 N–H and O–H groups in total. The van der Waals surface area contributed by atoms with Gasteiger partial charge < -0.3 is 13.9 Å². The largest absolute Gasteiger partial charge is 0.443 e. The fraction of sp³-hybridized carbons (Fsp3) is 0.316. The highest BCUT2D eigenvalue weighted by atomic mass is 35.5. The van der Waals surface area contributed by atoms with E-state index in [1.807, 2.05) is 29.2 Å². The highest BCUT2D eigenvalue weighted by molar-refractivity contribution is 6.31. The Balaban J connectivity index is 1.47. The number of amides is 1. The van der Waals surface area contributed by atoms with Crippen molar-refractivity contribution in [2.75, 3.05) is 6.54 Å². The number of rotatable bonds is 5. The van der Waals surface area contributed by atoms with Gasteiger partial charge in [0.05, 0.1) is 12.5 Å². The number of imidazole rings is 1. The second-order valence-corrected chi connectivity index (χ2v) is 6.82. The summed E-state index contributed by atoms with van der Waals surface area (Å²) in [5.74, 6) is 1.40. The number of hydrogen-bond donors (Lipinski definition) is 0. The molecule has 26 heavy (non-hydrogen) atoms. The number of hydrogen-bond acceptors (Lipinski definition) is 4. The summed E-state index contributed by atoms with van der Waals surface area (Å²) in [5.41, 5.74) is 0.997. The van der Waals surface area contributed by atoms with Gasteiger partial charge in [0, 0.05) is 30.4 Å². The highest BCUT2D eigenvalue weighted by Crippen LogP contribution is 2.32. The first kappa shape index (κ1) is 16.8. The summed E-state index contributed by atoms with van der Waals surface area (Å²) in [7, 11) is 0. The van der Waals surface area contributed by atoms with Gasteiger partial charge in [0.15, 0.2) is 0 Å². The zero-order valence-corrected chi connectivity index (χ0v) is 15.0. The Kier molecular flexibility index (Phi) is 4.75. The smallest absolute Gasteiger partial charge is 0.243 e. The first-order chi connectivity index (χ1) is 12.7. The van der Waals surface area contributed by atoms with E-state index >= 15 is 0 Å². The molecule has 0 radical (unpaired) electrons. The molecular weight excluding hydrogens is 352 g/mol. The Morgan fingerprint density at radius 1 is 1.35 bits per heavy atom. The molecule has 2 aromatic heterocycles. The minimum Gasteiger partial charge on any atom is -0.443 e. The predicted molar refractivity (Wildman–Crippen MR) is 96.7 cm³/mol. The lowest BCUT2D eigenvalue weighted by Gasteiger charge is -2.22. The van der Waals surface area contributed by atoms with Crippen LogP contribution in [-0.2, 0) is 17.8 Å². The highest BCUT2D eigenvalue weighted by Gasteiger charge is 2.33. The Hall–Kier alpha value is -2.60. The van der Waals surface area contributed by atoms with Crippen molar-refractivity contribution < 1.29 is 9.21 Å². The lowest BCUT2D eigenvalue weighted by atomic mass is 10.1. The lowest BCUT2D eigenvalue weighted by molar-refractivity contribution is -0.133. The van der Waals surface area contributed by atoms with Crippen molar-refractivity contribution >= 4 is 17.5 Å². The van der Waals surface area contributed by atoms with Crippen LogP contribution in [0.2, 0.25) is 5.02 Å². The van der Waals surface area contributed by atoms with Crippen LogP contribution in [0.4, 0.5) is 0 Å². The molecule has 1 aliphatic heterocycles. The van der Waals surface area contributed by atoms with Gasteiger partial charge in [-0.25, -0.2) is 9.97 Å². The maximum atomic E-state index is 12.6. The van der Waals surface area contributed by atoms with Crippen molar-refractivity contribution in [2.45, 2.75) is 31.8 Å². The number of oxazole rings is 1. The molecule has 1 saturated heterocycles. The number of nitrogens with zero attached hydrogens (tertiary/aromatic N) is 4. The van der Waals surface area contributed by atoms with Gasteiger partial charge >= 0.3 is 0 Å².